The standard InChI is InChI=1S/C10HB5Cl2N2/c11-5-4(6(12)8(14)9(15)7(5)13)10-18-2(16)1-3(17)19-10/h1H. The van der Waals surface area contributed by atoms with Crippen LogP contribution in [0.2, 0.25) is 10.3 Å². The Kier molecular flexibility index (Phi) is 4.07. The van der Waals surface area contributed by atoms with E-state index in [4.69, 9.17) is 62.4 Å². The molecule has 0 aliphatic rings. The first-order valence-corrected chi connectivity index (χ1v) is 5.80. The van der Waals surface area contributed by atoms with Gasteiger partial charge in [-0.25, -0.2) is 9.97 Å². The number of nitrogens with zero attached hydrogens (tertiary/aromatic N) is 2. The topological polar surface area (TPSA) is 25.8 Å². The Morgan fingerprint density at radius 2 is 1.05 bits per heavy atom. The van der Waals surface area contributed by atoms with Crippen LogP contribution in [0.5, 0.6) is 0 Å². The fraction of sp³-hybridized carbons (Fsp3) is 0. The third-order valence-corrected chi connectivity index (χ3v) is 2.97. The molecule has 19 heavy (non-hydrogen) atoms. The van der Waals surface area contributed by atoms with Crippen molar-refractivity contribution in [3.05, 3.63) is 16.4 Å². The van der Waals surface area contributed by atoms with E-state index in [1.165, 1.54) is 6.07 Å². The van der Waals surface area contributed by atoms with Gasteiger partial charge in [-0.2, -0.15) is 0 Å². The van der Waals surface area contributed by atoms with E-state index >= 15 is 0 Å². The number of rotatable bonds is 1. The van der Waals surface area contributed by atoms with Gasteiger partial charge < -0.3 is 0 Å². The predicted molar refractivity (Wildman–Crippen MR) is 84.4 cm³/mol. The van der Waals surface area contributed by atoms with E-state index in [1.54, 1.807) is 0 Å². The van der Waals surface area contributed by atoms with Gasteiger partial charge in [0.15, 0.2) is 5.82 Å². The number of benzene rings is 1. The Hall–Kier alpha value is -0.795. The number of hydrogen-bond acceptors (Lipinski definition) is 2. The average molecular weight is 274 g/mol. The van der Waals surface area contributed by atoms with Crippen LogP contribution in [0.1, 0.15) is 0 Å². The van der Waals surface area contributed by atoms with Gasteiger partial charge in [-0.05, 0) is 0 Å². The molecule has 1 aromatic carbocycles. The Labute approximate surface area is 127 Å². The second-order valence-corrected chi connectivity index (χ2v) is 4.55. The summed E-state index contributed by atoms with van der Waals surface area (Å²) in [7, 11) is 29.0. The van der Waals surface area contributed by atoms with Crippen molar-refractivity contribution < 1.29 is 0 Å². The Balaban J connectivity index is 2.82. The maximum Gasteiger partial charge on any atom is 0.161 e. The summed E-state index contributed by atoms with van der Waals surface area (Å²) in [6, 6.07) is 1.38. The van der Waals surface area contributed by atoms with Crippen molar-refractivity contribution in [2.75, 3.05) is 0 Å². The van der Waals surface area contributed by atoms with Gasteiger partial charge in [0, 0.05) is 11.6 Å². The summed E-state index contributed by atoms with van der Waals surface area (Å²) in [6.45, 7) is 0. The first kappa shape index (κ1) is 14.6. The highest BCUT2D eigenvalue weighted by Gasteiger charge is 2.15. The molecule has 9 heteroatoms. The molecule has 1 heterocycles. The number of hydrogen-bond donors (Lipinski definition) is 0. The smallest absolute Gasteiger partial charge is 0.161 e. The molecule has 80 valence electrons. The normalized spacial score (nSPS) is 10.6. The van der Waals surface area contributed by atoms with Gasteiger partial charge in [-0.3, -0.25) is 0 Å². The third-order valence-electron chi connectivity index (χ3n) is 2.59. The zero-order valence-corrected chi connectivity index (χ0v) is 11.1. The second-order valence-electron chi connectivity index (χ2n) is 3.78. The van der Waals surface area contributed by atoms with Gasteiger partial charge in [-0.15, -0.1) is 16.4 Å². The molecule has 2 rings (SSSR count). The molecule has 10 radical (unpaired) electrons. The molecule has 2 aromatic rings. The molecule has 0 N–H and O–H groups in total. The molecule has 0 saturated heterocycles. The second kappa shape index (κ2) is 5.30. The van der Waals surface area contributed by atoms with Crippen molar-refractivity contribution in [1.29, 1.82) is 0 Å². The number of halogens is 2. The van der Waals surface area contributed by atoms with Crippen LogP contribution in [-0.4, -0.2) is 49.2 Å². The zero-order valence-electron chi connectivity index (χ0n) is 9.61. The highest BCUT2D eigenvalue weighted by molar-refractivity contribution is 6.68. The van der Waals surface area contributed by atoms with Crippen LogP contribution in [-0.2, 0) is 0 Å². The summed E-state index contributed by atoms with van der Waals surface area (Å²) in [4.78, 5) is 7.99. The maximum atomic E-state index is 5.88. The van der Waals surface area contributed by atoms with Crippen LogP contribution in [0.3, 0.4) is 0 Å². The van der Waals surface area contributed by atoms with Gasteiger partial charge in [0.05, 0.1) is 0 Å². The first-order chi connectivity index (χ1) is 8.82. The van der Waals surface area contributed by atoms with Gasteiger partial charge in [0.2, 0.25) is 0 Å². The van der Waals surface area contributed by atoms with E-state index in [0.29, 0.717) is 0 Å². The quantitative estimate of drug-likeness (QED) is 0.422. The van der Waals surface area contributed by atoms with Crippen LogP contribution in [0.25, 0.3) is 11.4 Å². The molecular weight excluding hydrogens is 273 g/mol. The lowest BCUT2D eigenvalue weighted by molar-refractivity contribution is 1.18. The lowest BCUT2D eigenvalue weighted by Gasteiger charge is -2.20. The Morgan fingerprint density at radius 3 is 1.47 bits per heavy atom. The number of aromatic nitrogens is 2. The van der Waals surface area contributed by atoms with Crippen molar-refractivity contribution >= 4 is 89.7 Å². The van der Waals surface area contributed by atoms with Crippen LogP contribution in [0, 0.1) is 0 Å². The van der Waals surface area contributed by atoms with Crippen LogP contribution in [0.4, 0.5) is 0 Å². The highest BCUT2D eigenvalue weighted by Crippen LogP contribution is 2.16. The summed E-state index contributed by atoms with van der Waals surface area (Å²) in [5.41, 5.74) is 0.855. The van der Waals surface area contributed by atoms with E-state index in [9.17, 15) is 0 Å². The first-order valence-electron chi connectivity index (χ1n) is 5.04. The van der Waals surface area contributed by atoms with Gasteiger partial charge in [0.25, 0.3) is 0 Å². The zero-order chi connectivity index (χ0) is 14.3. The highest BCUT2D eigenvalue weighted by atomic mass is 35.5. The molecule has 2 nitrogen and oxygen atoms in total. The SMILES string of the molecule is [B]c1c([B])c([B])c(-c2nc(Cl)cc(Cl)n2)c([B])c1[B]. The Bertz CT molecular complexity index is 628. The van der Waals surface area contributed by atoms with Gasteiger partial charge in [-0.1, -0.05) is 34.1 Å². The summed E-state index contributed by atoms with van der Waals surface area (Å²) in [5, 5.41) is 0.283. The maximum absolute atomic E-state index is 5.88. The van der Waals surface area contributed by atoms with Crippen molar-refractivity contribution in [3.63, 3.8) is 0 Å². The van der Waals surface area contributed by atoms with Crippen molar-refractivity contribution in [3.8, 4) is 11.4 Å². The fourth-order valence-electron chi connectivity index (χ4n) is 1.59. The minimum atomic E-state index is 0.112. The molecule has 0 unspecified atom stereocenters. The molecule has 0 saturated carbocycles. The largest absolute Gasteiger partial charge is 0.216 e. The minimum absolute atomic E-state index is 0.112. The van der Waals surface area contributed by atoms with Crippen molar-refractivity contribution in [1.82, 2.24) is 9.97 Å². The summed E-state index contributed by atoms with van der Waals surface area (Å²) in [5.74, 6) is 0.130. The monoisotopic (exact) mass is 274 g/mol. The average Bonchev–Trinajstić information content (AvgIpc) is 2.33. The summed E-state index contributed by atoms with van der Waals surface area (Å²) >= 11 is 11.6. The fourth-order valence-corrected chi connectivity index (χ4v) is 2.02. The lowest BCUT2D eigenvalue weighted by Crippen LogP contribution is -2.55. The molecule has 0 spiro atoms. The summed E-state index contributed by atoms with van der Waals surface area (Å²) < 4.78 is 0. The van der Waals surface area contributed by atoms with Crippen LogP contribution in [0.15, 0.2) is 6.07 Å². The van der Waals surface area contributed by atoms with E-state index in [2.05, 4.69) is 9.97 Å². The molecule has 0 fully saturated rings. The van der Waals surface area contributed by atoms with Crippen LogP contribution >= 0.6 is 23.2 Å². The van der Waals surface area contributed by atoms with E-state index in [-0.39, 0.29) is 49.0 Å². The molecule has 1 aromatic heterocycles. The lowest BCUT2D eigenvalue weighted by atomic mass is 9.60. The molecule has 0 amide bonds. The molecule has 0 aliphatic heterocycles. The van der Waals surface area contributed by atoms with Gasteiger partial charge in [0.1, 0.15) is 49.5 Å². The Morgan fingerprint density at radius 1 is 0.684 bits per heavy atom. The third kappa shape index (κ3) is 2.59. The molecule has 0 bridgehead atoms. The van der Waals surface area contributed by atoms with E-state index in [1.807, 2.05) is 0 Å². The van der Waals surface area contributed by atoms with Crippen molar-refractivity contribution in [2.45, 2.75) is 0 Å². The van der Waals surface area contributed by atoms with Crippen molar-refractivity contribution in [2.24, 2.45) is 0 Å². The van der Waals surface area contributed by atoms with Crippen LogP contribution < -0.4 is 27.3 Å². The minimum Gasteiger partial charge on any atom is -0.216 e. The molecular formula is C10HB5Cl2N2. The summed E-state index contributed by atoms with van der Waals surface area (Å²) in [6.07, 6.45) is 0. The van der Waals surface area contributed by atoms with E-state index in [0.717, 1.165) is 0 Å². The predicted octanol–water partition coefficient (Wildman–Crippen LogP) is -2.58. The van der Waals surface area contributed by atoms with Gasteiger partial charge >= 0.3 is 0 Å². The molecule has 0 atom stereocenters. The molecule has 0 aliphatic carbocycles. The van der Waals surface area contributed by atoms with E-state index < -0.39 is 0 Å².